The van der Waals surface area contributed by atoms with Crippen LogP contribution in [0, 0.1) is 5.82 Å². The van der Waals surface area contributed by atoms with Crippen molar-refractivity contribution >= 4 is 32.9 Å². The molecular formula is C14H8BrFN2O2. The number of carboxylic acid groups (broad SMARTS) is 1. The first-order chi connectivity index (χ1) is 9.59. The van der Waals surface area contributed by atoms with Crippen molar-refractivity contribution in [3.05, 3.63) is 58.6 Å². The summed E-state index contributed by atoms with van der Waals surface area (Å²) in [6, 6.07) is 9.42. The summed E-state index contributed by atoms with van der Waals surface area (Å²) in [6.45, 7) is 0. The number of rotatable bonds is 2. The number of aromatic nitrogens is 2. The first-order valence-electron chi connectivity index (χ1n) is 5.73. The van der Waals surface area contributed by atoms with Crippen LogP contribution in [-0.2, 0) is 0 Å². The second-order valence-electron chi connectivity index (χ2n) is 4.16. The standard InChI is InChI=1S/C14H8BrFN2O2/c15-9-4-2-5-10(16)13(9)18-7-17-12-8(14(19)20)3-1-6-11(12)18/h1-7H,(H,19,20). The predicted octanol–water partition coefficient (Wildman–Crippen LogP) is 3.63. The number of aromatic carboxylic acids is 1. The second-order valence-corrected chi connectivity index (χ2v) is 5.02. The Bertz CT molecular complexity index is 809. The van der Waals surface area contributed by atoms with Gasteiger partial charge in [-0.05, 0) is 40.2 Å². The van der Waals surface area contributed by atoms with Gasteiger partial charge in [-0.25, -0.2) is 14.2 Å². The molecule has 2 aromatic carbocycles. The first-order valence-corrected chi connectivity index (χ1v) is 6.52. The normalized spacial score (nSPS) is 10.9. The molecule has 1 N–H and O–H groups in total. The number of hydrogen-bond donors (Lipinski definition) is 1. The van der Waals surface area contributed by atoms with E-state index in [0.29, 0.717) is 21.2 Å². The number of imidazole rings is 1. The smallest absolute Gasteiger partial charge is 0.337 e. The van der Waals surface area contributed by atoms with E-state index in [1.165, 1.54) is 23.0 Å². The minimum Gasteiger partial charge on any atom is -0.478 e. The van der Waals surface area contributed by atoms with Crippen LogP contribution in [0.1, 0.15) is 10.4 Å². The average Bonchev–Trinajstić information content (AvgIpc) is 2.82. The molecule has 1 heterocycles. The van der Waals surface area contributed by atoms with E-state index in [0.717, 1.165) is 0 Å². The fourth-order valence-corrected chi connectivity index (χ4v) is 2.64. The Morgan fingerprint density at radius 1 is 1.25 bits per heavy atom. The highest BCUT2D eigenvalue weighted by molar-refractivity contribution is 9.10. The van der Waals surface area contributed by atoms with Crippen LogP contribution in [0.25, 0.3) is 16.7 Å². The Balaban J connectivity index is 2.34. The molecule has 0 bridgehead atoms. The van der Waals surface area contributed by atoms with Crippen LogP contribution in [-0.4, -0.2) is 20.6 Å². The molecular weight excluding hydrogens is 327 g/mol. The van der Waals surface area contributed by atoms with E-state index in [4.69, 9.17) is 5.11 Å². The maximum atomic E-state index is 14.0. The van der Waals surface area contributed by atoms with E-state index in [2.05, 4.69) is 20.9 Å². The van der Waals surface area contributed by atoms with Crippen molar-refractivity contribution in [1.82, 2.24) is 9.55 Å². The highest BCUT2D eigenvalue weighted by Crippen LogP contribution is 2.28. The van der Waals surface area contributed by atoms with Gasteiger partial charge < -0.3 is 5.11 Å². The molecule has 0 fully saturated rings. The van der Waals surface area contributed by atoms with E-state index >= 15 is 0 Å². The number of carbonyl (C=O) groups is 1. The molecule has 0 amide bonds. The zero-order valence-corrected chi connectivity index (χ0v) is 11.6. The highest BCUT2D eigenvalue weighted by Gasteiger charge is 2.16. The molecule has 100 valence electrons. The molecule has 3 rings (SSSR count). The zero-order valence-electron chi connectivity index (χ0n) is 10.0. The van der Waals surface area contributed by atoms with Crippen LogP contribution in [0.3, 0.4) is 0 Å². The topological polar surface area (TPSA) is 55.1 Å². The number of nitrogens with zero attached hydrogens (tertiary/aromatic N) is 2. The number of halogens is 2. The third-order valence-electron chi connectivity index (χ3n) is 2.99. The van der Waals surface area contributed by atoms with E-state index in [-0.39, 0.29) is 5.56 Å². The molecule has 1 aromatic heterocycles. The molecule has 6 heteroatoms. The maximum Gasteiger partial charge on any atom is 0.337 e. The third kappa shape index (κ3) is 1.89. The van der Waals surface area contributed by atoms with Gasteiger partial charge in [-0.2, -0.15) is 0 Å². The third-order valence-corrected chi connectivity index (χ3v) is 3.63. The molecule has 0 radical (unpaired) electrons. The van der Waals surface area contributed by atoms with Crippen molar-refractivity contribution in [2.75, 3.05) is 0 Å². The minimum absolute atomic E-state index is 0.0914. The van der Waals surface area contributed by atoms with Gasteiger partial charge in [-0.1, -0.05) is 12.1 Å². The highest BCUT2D eigenvalue weighted by atomic mass is 79.9. The molecule has 0 spiro atoms. The molecule has 0 saturated carbocycles. The molecule has 0 atom stereocenters. The van der Waals surface area contributed by atoms with Gasteiger partial charge in [0.15, 0.2) is 0 Å². The van der Waals surface area contributed by atoms with E-state index in [1.54, 1.807) is 24.3 Å². The lowest BCUT2D eigenvalue weighted by molar-refractivity contribution is 0.0699. The summed E-state index contributed by atoms with van der Waals surface area (Å²) >= 11 is 3.30. The minimum atomic E-state index is -1.06. The molecule has 0 saturated heterocycles. The Morgan fingerprint density at radius 3 is 2.70 bits per heavy atom. The van der Waals surface area contributed by atoms with Gasteiger partial charge in [0.2, 0.25) is 0 Å². The molecule has 0 aliphatic heterocycles. The molecule has 0 aliphatic carbocycles. The number of hydrogen-bond acceptors (Lipinski definition) is 2. The molecule has 3 aromatic rings. The SMILES string of the molecule is O=C(O)c1cccc2c1ncn2-c1c(F)cccc1Br. The quantitative estimate of drug-likeness (QED) is 0.778. The number of carboxylic acids is 1. The van der Waals surface area contributed by atoms with Crippen LogP contribution < -0.4 is 0 Å². The van der Waals surface area contributed by atoms with Gasteiger partial charge in [0.05, 0.1) is 16.8 Å². The number of benzene rings is 2. The largest absolute Gasteiger partial charge is 0.478 e. The van der Waals surface area contributed by atoms with Crippen molar-refractivity contribution in [2.45, 2.75) is 0 Å². The Hall–Kier alpha value is -2.21. The first kappa shape index (κ1) is 12.8. The van der Waals surface area contributed by atoms with Crippen molar-refractivity contribution in [3.63, 3.8) is 0 Å². The average molecular weight is 335 g/mol. The lowest BCUT2D eigenvalue weighted by Crippen LogP contribution is -1.99. The van der Waals surface area contributed by atoms with E-state index in [1.807, 2.05) is 0 Å². The lowest BCUT2D eigenvalue weighted by Gasteiger charge is -2.08. The summed E-state index contributed by atoms with van der Waals surface area (Å²) in [5.41, 5.74) is 1.26. The summed E-state index contributed by atoms with van der Waals surface area (Å²) in [7, 11) is 0. The van der Waals surface area contributed by atoms with Crippen LogP contribution in [0.5, 0.6) is 0 Å². The maximum absolute atomic E-state index is 14.0. The summed E-state index contributed by atoms with van der Waals surface area (Å²) < 4.78 is 16.1. The zero-order chi connectivity index (χ0) is 14.3. The second kappa shape index (κ2) is 4.72. The molecule has 0 unspecified atom stereocenters. The Morgan fingerprint density at radius 2 is 2.00 bits per heavy atom. The van der Waals surface area contributed by atoms with Gasteiger partial charge in [0.1, 0.15) is 17.7 Å². The van der Waals surface area contributed by atoms with Gasteiger partial charge in [-0.15, -0.1) is 0 Å². The fraction of sp³-hybridized carbons (Fsp3) is 0. The van der Waals surface area contributed by atoms with Crippen LogP contribution in [0.15, 0.2) is 47.2 Å². The van der Waals surface area contributed by atoms with Gasteiger partial charge in [0, 0.05) is 4.47 Å². The van der Waals surface area contributed by atoms with Crippen LogP contribution >= 0.6 is 15.9 Å². The molecule has 4 nitrogen and oxygen atoms in total. The summed E-state index contributed by atoms with van der Waals surface area (Å²) in [4.78, 5) is 15.3. The lowest BCUT2D eigenvalue weighted by atomic mass is 10.2. The van der Waals surface area contributed by atoms with Crippen LogP contribution in [0.2, 0.25) is 0 Å². The van der Waals surface area contributed by atoms with Gasteiger partial charge in [0.25, 0.3) is 0 Å². The molecule has 0 aliphatic rings. The van der Waals surface area contributed by atoms with Gasteiger partial charge in [-0.3, -0.25) is 4.57 Å². The van der Waals surface area contributed by atoms with Crippen molar-refractivity contribution in [2.24, 2.45) is 0 Å². The fourth-order valence-electron chi connectivity index (χ4n) is 2.11. The number of fused-ring (bicyclic) bond motifs is 1. The Kier molecular flexibility index (Phi) is 3.02. The monoisotopic (exact) mass is 334 g/mol. The van der Waals surface area contributed by atoms with Gasteiger partial charge >= 0.3 is 5.97 Å². The Labute approximate surface area is 121 Å². The van der Waals surface area contributed by atoms with E-state index in [9.17, 15) is 9.18 Å². The van der Waals surface area contributed by atoms with Crippen molar-refractivity contribution in [3.8, 4) is 5.69 Å². The summed E-state index contributed by atoms with van der Waals surface area (Å²) in [5, 5.41) is 9.14. The summed E-state index contributed by atoms with van der Waals surface area (Å²) in [5.74, 6) is -1.48. The van der Waals surface area contributed by atoms with Crippen molar-refractivity contribution < 1.29 is 14.3 Å². The number of para-hydroxylation sites is 2. The van der Waals surface area contributed by atoms with Crippen molar-refractivity contribution in [1.29, 1.82) is 0 Å². The van der Waals surface area contributed by atoms with Crippen LogP contribution in [0.4, 0.5) is 4.39 Å². The van der Waals surface area contributed by atoms with E-state index < -0.39 is 11.8 Å². The molecule has 20 heavy (non-hydrogen) atoms. The summed E-state index contributed by atoms with van der Waals surface area (Å²) in [6.07, 6.45) is 1.42. The predicted molar refractivity (Wildman–Crippen MR) is 75.7 cm³/mol.